The average molecular weight is 716 g/mol. The van der Waals surface area contributed by atoms with Gasteiger partial charge < -0.3 is 4.57 Å². The third-order valence-electron chi connectivity index (χ3n) is 10.8. The van der Waals surface area contributed by atoms with Crippen LogP contribution >= 0.6 is 0 Å². The molecule has 0 saturated heterocycles. The second-order valence-corrected chi connectivity index (χ2v) is 14.1. The molecule has 3 heterocycles. The molecule has 262 valence electrons. The highest BCUT2D eigenvalue weighted by Gasteiger charge is 2.23. The lowest BCUT2D eigenvalue weighted by molar-refractivity contribution is 0.955. The van der Waals surface area contributed by atoms with Crippen molar-refractivity contribution in [1.29, 1.82) is 0 Å². The van der Waals surface area contributed by atoms with Gasteiger partial charge in [0, 0.05) is 38.4 Å². The molecule has 5 heteroatoms. The van der Waals surface area contributed by atoms with E-state index in [9.17, 15) is 0 Å². The van der Waals surface area contributed by atoms with E-state index in [2.05, 4.69) is 185 Å². The maximum Gasteiger partial charge on any atom is 0.238 e. The normalized spacial score (nSPS) is 11.6. The fourth-order valence-electron chi connectivity index (χ4n) is 8.20. The Labute approximate surface area is 323 Å². The number of rotatable bonds is 6. The predicted molar refractivity (Wildman–Crippen MR) is 230 cm³/mol. The van der Waals surface area contributed by atoms with Gasteiger partial charge in [-0.2, -0.15) is 9.97 Å². The second kappa shape index (κ2) is 13.0. The second-order valence-electron chi connectivity index (χ2n) is 14.1. The molecule has 0 aliphatic rings. The van der Waals surface area contributed by atoms with Crippen LogP contribution in [0, 0.1) is 0 Å². The van der Waals surface area contributed by atoms with E-state index in [1.165, 1.54) is 16.7 Å². The minimum Gasteiger partial charge on any atom is -0.309 e. The Hall–Kier alpha value is -7.63. The Morgan fingerprint density at radius 3 is 1.48 bits per heavy atom. The highest BCUT2D eigenvalue weighted by Crippen LogP contribution is 2.42. The van der Waals surface area contributed by atoms with Crippen LogP contribution in [0.5, 0.6) is 0 Å². The molecule has 11 aromatic rings. The van der Waals surface area contributed by atoms with Crippen molar-refractivity contribution >= 4 is 43.6 Å². The van der Waals surface area contributed by atoms with Crippen LogP contribution in [0.25, 0.3) is 100 Å². The van der Waals surface area contributed by atoms with Crippen molar-refractivity contribution in [3.63, 3.8) is 0 Å². The molecule has 0 aliphatic heterocycles. The molecule has 0 amide bonds. The summed E-state index contributed by atoms with van der Waals surface area (Å²) in [4.78, 5) is 15.7. The van der Waals surface area contributed by atoms with Gasteiger partial charge in [-0.15, -0.1) is 0 Å². The summed E-state index contributed by atoms with van der Waals surface area (Å²) in [6, 6.07) is 70.3. The molecule has 0 N–H and O–H groups in total. The Balaban J connectivity index is 1.19. The van der Waals surface area contributed by atoms with Crippen molar-refractivity contribution in [3.05, 3.63) is 200 Å². The summed E-state index contributed by atoms with van der Waals surface area (Å²) in [7, 11) is 0. The first-order chi connectivity index (χ1) is 27.8. The van der Waals surface area contributed by atoms with Crippen LogP contribution in [0.4, 0.5) is 0 Å². The van der Waals surface area contributed by atoms with Crippen molar-refractivity contribution in [1.82, 2.24) is 24.1 Å². The summed E-state index contributed by atoms with van der Waals surface area (Å²) in [5.74, 6) is 1.81. The SMILES string of the molecule is c1ccc(-c2ccc(-c3nc(-c4ccccc4)nc(-n4c5ccccc5c5ccc6c(c7ccccc7n6-c6cccc(-c7ccccc7)c6)c54)n3)cc2)cc1. The lowest BCUT2D eigenvalue weighted by Gasteiger charge is -2.12. The first kappa shape index (κ1) is 31.9. The van der Waals surface area contributed by atoms with Crippen molar-refractivity contribution < 1.29 is 0 Å². The molecule has 8 aromatic carbocycles. The summed E-state index contributed by atoms with van der Waals surface area (Å²) in [5, 5.41) is 4.60. The largest absolute Gasteiger partial charge is 0.309 e. The van der Waals surface area contributed by atoms with Gasteiger partial charge in [0.2, 0.25) is 5.95 Å². The Bertz CT molecular complexity index is 3220. The van der Waals surface area contributed by atoms with Gasteiger partial charge in [0.1, 0.15) is 0 Å². The molecule has 56 heavy (non-hydrogen) atoms. The summed E-state index contributed by atoms with van der Waals surface area (Å²) < 4.78 is 4.64. The maximum absolute atomic E-state index is 5.31. The molecule has 5 nitrogen and oxygen atoms in total. The molecule has 11 rings (SSSR count). The first-order valence-corrected chi connectivity index (χ1v) is 18.9. The van der Waals surface area contributed by atoms with E-state index in [-0.39, 0.29) is 0 Å². The number of para-hydroxylation sites is 2. The maximum atomic E-state index is 5.31. The molecule has 0 unspecified atom stereocenters. The molecular formula is C51H33N5. The molecule has 0 bridgehead atoms. The van der Waals surface area contributed by atoms with Crippen LogP contribution < -0.4 is 0 Å². The molecule has 0 atom stereocenters. The zero-order chi connectivity index (χ0) is 37.0. The van der Waals surface area contributed by atoms with E-state index < -0.39 is 0 Å². The van der Waals surface area contributed by atoms with E-state index in [1.807, 2.05) is 24.3 Å². The van der Waals surface area contributed by atoms with E-state index in [1.54, 1.807) is 0 Å². The summed E-state index contributed by atoms with van der Waals surface area (Å²) in [5.41, 5.74) is 12.0. The molecule has 0 spiro atoms. The average Bonchev–Trinajstić information content (AvgIpc) is 3.80. The first-order valence-electron chi connectivity index (χ1n) is 18.9. The number of nitrogens with zero attached hydrogens (tertiary/aromatic N) is 5. The third-order valence-corrected chi connectivity index (χ3v) is 10.8. The van der Waals surface area contributed by atoms with Gasteiger partial charge in [0.25, 0.3) is 0 Å². The standard InChI is InChI=1S/C51H33N5/c1-4-15-34(16-5-1)36-27-29-38(30-28-36)50-52-49(37-19-8-3-9-20-37)53-51(54-50)56-44-25-12-10-23-41(44)42-31-32-46-47(48(42)56)43-24-11-13-26-45(43)55(46)40-22-14-21-39(33-40)35-17-6-2-7-18-35/h1-33H. The Kier molecular flexibility index (Phi) is 7.42. The van der Waals surface area contributed by atoms with Crippen LogP contribution in [0.15, 0.2) is 200 Å². The van der Waals surface area contributed by atoms with Gasteiger partial charge in [-0.3, -0.25) is 4.57 Å². The third kappa shape index (κ3) is 5.21. The van der Waals surface area contributed by atoms with Crippen molar-refractivity contribution in [2.24, 2.45) is 0 Å². The number of hydrogen-bond donors (Lipinski definition) is 0. The quantitative estimate of drug-likeness (QED) is 0.172. The summed E-state index contributed by atoms with van der Waals surface area (Å²) >= 11 is 0. The lowest BCUT2D eigenvalue weighted by atomic mass is 10.0. The zero-order valence-electron chi connectivity index (χ0n) is 30.3. The number of aromatic nitrogens is 5. The topological polar surface area (TPSA) is 48.5 Å². The Morgan fingerprint density at radius 1 is 0.304 bits per heavy atom. The van der Waals surface area contributed by atoms with Crippen LogP contribution in [-0.2, 0) is 0 Å². The summed E-state index contributed by atoms with van der Waals surface area (Å²) in [6.07, 6.45) is 0. The van der Waals surface area contributed by atoms with Gasteiger partial charge in [-0.25, -0.2) is 4.98 Å². The highest BCUT2D eigenvalue weighted by molar-refractivity contribution is 6.26. The molecule has 0 radical (unpaired) electrons. The smallest absolute Gasteiger partial charge is 0.238 e. The van der Waals surface area contributed by atoms with Crippen LogP contribution in [0.1, 0.15) is 0 Å². The van der Waals surface area contributed by atoms with Crippen LogP contribution in [-0.4, -0.2) is 24.1 Å². The van der Waals surface area contributed by atoms with Gasteiger partial charge in [-0.05, 0) is 52.6 Å². The Morgan fingerprint density at radius 2 is 0.804 bits per heavy atom. The number of fused-ring (bicyclic) bond motifs is 7. The van der Waals surface area contributed by atoms with Crippen LogP contribution in [0.2, 0.25) is 0 Å². The van der Waals surface area contributed by atoms with E-state index in [0.29, 0.717) is 17.6 Å². The lowest BCUT2D eigenvalue weighted by Crippen LogP contribution is -2.06. The van der Waals surface area contributed by atoms with Gasteiger partial charge in [0.15, 0.2) is 11.6 Å². The van der Waals surface area contributed by atoms with Gasteiger partial charge >= 0.3 is 0 Å². The minimum absolute atomic E-state index is 0.572. The van der Waals surface area contributed by atoms with Crippen LogP contribution in [0.3, 0.4) is 0 Å². The molecular weight excluding hydrogens is 683 g/mol. The minimum atomic E-state index is 0.572. The van der Waals surface area contributed by atoms with Crippen molar-refractivity contribution in [3.8, 4) is 56.7 Å². The fourth-order valence-corrected chi connectivity index (χ4v) is 8.20. The summed E-state index contributed by atoms with van der Waals surface area (Å²) in [6.45, 7) is 0. The molecule has 0 fully saturated rings. The van der Waals surface area contributed by atoms with Crippen molar-refractivity contribution in [2.45, 2.75) is 0 Å². The number of benzene rings is 8. The molecule has 0 aliphatic carbocycles. The number of hydrogen-bond acceptors (Lipinski definition) is 3. The van der Waals surface area contributed by atoms with E-state index in [4.69, 9.17) is 15.0 Å². The van der Waals surface area contributed by atoms with Gasteiger partial charge in [0.05, 0.1) is 22.1 Å². The molecule has 0 saturated carbocycles. The van der Waals surface area contributed by atoms with Gasteiger partial charge in [-0.1, -0.05) is 170 Å². The fraction of sp³-hybridized carbons (Fsp3) is 0. The monoisotopic (exact) mass is 715 g/mol. The molecule has 3 aromatic heterocycles. The predicted octanol–water partition coefficient (Wildman–Crippen LogP) is 12.7. The highest BCUT2D eigenvalue weighted by atomic mass is 15.2. The van der Waals surface area contributed by atoms with Crippen molar-refractivity contribution in [2.75, 3.05) is 0 Å². The van der Waals surface area contributed by atoms with E-state index in [0.717, 1.165) is 66.0 Å². The van der Waals surface area contributed by atoms with E-state index >= 15 is 0 Å². The zero-order valence-corrected chi connectivity index (χ0v) is 30.3.